The first-order valence-electron chi connectivity index (χ1n) is 7.92. The van der Waals surface area contributed by atoms with Crippen LogP contribution in [0.15, 0.2) is 22.7 Å². The third kappa shape index (κ3) is 3.98. The van der Waals surface area contributed by atoms with E-state index in [1.807, 2.05) is 0 Å². The topological polar surface area (TPSA) is 29.3 Å². The standard InChI is InChI=1S/C17H27BrN2/c1-3-6-15-7-4-5-10-20(15)17-9-8-14(11-13(2)19)12-16(17)18/h8-9,12-13,15H,3-7,10-11,19H2,1-2H3. The maximum atomic E-state index is 5.89. The van der Waals surface area contributed by atoms with Crippen molar-refractivity contribution < 1.29 is 0 Å². The zero-order chi connectivity index (χ0) is 14.5. The van der Waals surface area contributed by atoms with Crippen LogP contribution in [-0.2, 0) is 6.42 Å². The van der Waals surface area contributed by atoms with Gasteiger partial charge in [0, 0.05) is 23.1 Å². The highest BCUT2D eigenvalue weighted by Crippen LogP contribution is 2.33. The number of hydrogen-bond acceptors (Lipinski definition) is 2. The van der Waals surface area contributed by atoms with E-state index in [1.165, 1.54) is 54.4 Å². The van der Waals surface area contributed by atoms with Gasteiger partial charge in [-0.1, -0.05) is 19.4 Å². The lowest BCUT2D eigenvalue weighted by molar-refractivity contribution is 0.434. The van der Waals surface area contributed by atoms with Gasteiger partial charge in [-0.3, -0.25) is 0 Å². The summed E-state index contributed by atoms with van der Waals surface area (Å²) in [6.07, 6.45) is 7.53. The van der Waals surface area contributed by atoms with Crippen LogP contribution in [0, 0.1) is 0 Å². The quantitative estimate of drug-likeness (QED) is 0.856. The first kappa shape index (κ1) is 15.8. The smallest absolute Gasteiger partial charge is 0.0513 e. The van der Waals surface area contributed by atoms with E-state index in [4.69, 9.17) is 5.73 Å². The Labute approximate surface area is 131 Å². The largest absolute Gasteiger partial charge is 0.368 e. The van der Waals surface area contributed by atoms with Crippen LogP contribution in [0.2, 0.25) is 0 Å². The van der Waals surface area contributed by atoms with Crippen molar-refractivity contribution in [2.24, 2.45) is 5.73 Å². The number of nitrogens with two attached hydrogens (primary N) is 1. The maximum Gasteiger partial charge on any atom is 0.0513 e. The van der Waals surface area contributed by atoms with Crippen LogP contribution < -0.4 is 10.6 Å². The number of rotatable bonds is 5. The second kappa shape index (κ2) is 7.46. The Morgan fingerprint density at radius 2 is 2.20 bits per heavy atom. The molecule has 112 valence electrons. The molecule has 0 aliphatic carbocycles. The van der Waals surface area contributed by atoms with Gasteiger partial charge in [0.1, 0.15) is 0 Å². The zero-order valence-corrected chi connectivity index (χ0v) is 14.3. The molecule has 0 bridgehead atoms. The first-order valence-corrected chi connectivity index (χ1v) is 8.71. The number of hydrogen-bond donors (Lipinski definition) is 1. The van der Waals surface area contributed by atoms with Crippen LogP contribution in [0.4, 0.5) is 5.69 Å². The van der Waals surface area contributed by atoms with Crippen LogP contribution in [0.5, 0.6) is 0 Å². The molecule has 0 amide bonds. The lowest BCUT2D eigenvalue weighted by Crippen LogP contribution is -2.39. The zero-order valence-electron chi connectivity index (χ0n) is 12.7. The summed E-state index contributed by atoms with van der Waals surface area (Å²) in [6.45, 7) is 5.53. The van der Waals surface area contributed by atoms with Crippen molar-refractivity contribution in [3.05, 3.63) is 28.2 Å². The first-order chi connectivity index (χ1) is 9.61. The van der Waals surface area contributed by atoms with Crippen molar-refractivity contribution in [3.63, 3.8) is 0 Å². The molecule has 1 aliphatic heterocycles. The molecule has 1 aliphatic rings. The van der Waals surface area contributed by atoms with E-state index < -0.39 is 0 Å². The summed E-state index contributed by atoms with van der Waals surface area (Å²) < 4.78 is 1.22. The molecule has 2 N–H and O–H groups in total. The molecule has 0 saturated carbocycles. The molecule has 1 aromatic carbocycles. The van der Waals surface area contributed by atoms with Crippen molar-refractivity contribution in [2.45, 2.75) is 64.5 Å². The van der Waals surface area contributed by atoms with Crippen molar-refractivity contribution in [1.29, 1.82) is 0 Å². The molecule has 1 aromatic rings. The van der Waals surface area contributed by atoms with Crippen molar-refractivity contribution >= 4 is 21.6 Å². The minimum absolute atomic E-state index is 0.218. The molecule has 0 radical (unpaired) electrons. The fourth-order valence-electron chi connectivity index (χ4n) is 3.23. The van der Waals surface area contributed by atoms with Gasteiger partial charge in [-0.2, -0.15) is 0 Å². The Bertz CT molecular complexity index is 429. The second-order valence-corrected chi connectivity index (χ2v) is 6.95. The molecule has 3 heteroatoms. The predicted octanol–water partition coefficient (Wildman–Crippen LogP) is 4.50. The fraction of sp³-hybridized carbons (Fsp3) is 0.647. The Morgan fingerprint density at radius 3 is 2.85 bits per heavy atom. The number of piperidine rings is 1. The van der Waals surface area contributed by atoms with Crippen LogP contribution in [0.3, 0.4) is 0 Å². The van der Waals surface area contributed by atoms with Gasteiger partial charge in [-0.25, -0.2) is 0 Å². The lowest BCUT2D eigenvalue weighted by Gasteiger charge is -2.38. The van der Waals surface area contributed by atoms with E-state index in [0.29, 0.717) is 6.04 Å². The van der Waals surface area contributed by atoms with E-state index in [0.717, 1.165) is 6.42 Å². The third-order valence-corrected chi connectivity index (χ3v) is 4.76. The number of benzene rings is 1. The maximum absolute atomic E-state index is 5.89. The minimum Gasteiger partial charge on any atom is -0.368 e. The average Bonchev–Trinajstić information content (AvgIpc) is 2.40. The summed E-state index contributed by atoms with van der Waals surface area (Å²) in [5.41, 5.74) is 8.57. The van der Waals surface area contributed by atoms with E-state index in [1.54, 1.807) is 0 Å². The molecular formula is C17H27BrN2. The summed E-state index contributed by atoms with van der Waals surface area (Å²) in [4.78, 5) is 2.60. The molecule has 2 unspecified atom stereocenters. The molecule has 2 rings (SSSR count). The van der Waals surface area contributed by atoms with Gasteiger partial charge in [0.05, 0.1) is 5.69 Å². The molecule has 0 spiro atoms. The summed E-state index contributed by atoms with van der Waals surface area (Å²) in [5.74, 6) is 0. The van der Waals surface area contributed by atoms with Crippen LogP contribution in [0.1, 0.15) is 51.5 Å². The molecule has 1 heterocycles. The highest BCUT2D eigenvalue weighted by molar-refractivity contribution is 9.10. The minimum atomic E-state index is 0.218. The summed E-state index contributed by atoms with van der Waals surface area (Å²) in [5, 5.41) is 0. The van der Waals surface area contributed by atoms with Crippen molar-refractivity contribution in [2.75, 3.05) is 11.4 Å². The van der Waals surface area contributed by atoms with Gasteiger partial charge in [-0.05, 0) is 72.7 Å². The van der Waals surface area contributed by atoms with Crippen LogP contribution in [0.25, 0.3) is 0 Å². The van der Waals surface area contributed by atoms with Gasteiger partial charge in [-0.15, -0.1) is 0 Å². The van der Waals surface area contributed by atoms with E-state index in [-0.39, 0.29) is 6.04 Å². The van der Waals surface area contributed by atoms with Crippen LogP contribution in [-0.4, -0.2) is 18.6 Å². The van der Waals surface area contributed by atoms with Gasteiger partial charge in [0.15, 0.2) is 0 Å². The van der Waals surface area contributed by atoms with Crippen molar-refractivity contribution in [3.8, 4) is 0 Å². The Balaban J connectivity index is 2.18. The number of halogens is 1. The summed E-state index contributed by atoms with van der Waals surface area (Å²) in [7, 11) is 0. The summed E-state index contributed by atoms with van der Waals surface area (Å²) >= 11 is 3.77. The molecule has 0 aromatic heterocycles. The van der Waals surface area contributed by atoms with Gasteiger partial charge < -0.3 is 10.6 Å². The molecule has 1 saturated heterocycles. The molecule has 1 fully saturated rings. The van der Waals surface area contributed by atoms with Gasteiger partial charge >= 0.3 is 0 Å². The molecule has 2 nitrogen and oxygen atoms in total. The molecule has 2 atom stereocenters. The highest BCUT2D eigenvalue weighted by atomic mass is 79.9. The number of nitrogens with zero attached hydrogens (tertiary/aromatic N) is 1. The predicted molar refractivity (Wildman–Crippen MR) is 91.4 cm³/mol. The molecular weight excluding hydrogens is 312 g/mol. The van der Waals surface area contributed by atoms with E-state index in [9.17, 15) is 0 Å². The van der Waals surface area contributed by atoms with E-state index >= 15 is 0 Å². The second-order valence-electron chi connectivity index (χ2n) is 6.10. The highest BCUT2D eigenvalue weighted by Gasteiger charge is 2.23. The average molecular weight is 339 g/mol. The van der Waals surface area contributed by atoms with Crippen LogP contribution >= 0.6 is 15.9 Å². The molecule has 20 heavy (non-hydrogen) atoms. The van der Waals surface area contributed by atoms with Gasteiger partial charge in [0.2, 0.25) is 0 Å². The Kier molecular flexibility index (Phi) is 5.91. The van der Waals surface area contributed by atoms with Gasteiger partial charge in [0.25, 0.3) is 0 Å². The summed E-state index contributed by atoms with van der Waals surface area (Å²) in [6, 6.07) is 7.69. The monoisotopic (exact) mass is 338 g/mol. The lowest BCUT2D eigenvalue weighted by atomic mass is 9.97. The Morgan fingerprint density at radius 1 is 1.40 bits per heavy atom. The Hall–Kier alpha value is -0.540. The third-order valence-electron chi connectivity index (χ3n) is 4.13. The SMILES string of the molecule is CCCC1CCCCN1c1ccc(CC(C)N)cc1Br. The van der Waals surface area contributed by atoms with E-state index in [2.05, 4.69) is 52.9 Å². The number of anilines is 1. The normalized spacial score (nSPS) is 21.0. The fourth-order valence-corrected chi connectivity index (χ4v) is 3.89. The van der Waals surface area contributed by atoms with Crippen molar-refractivity contribution in [1.82, 2.24) is 0 Å².